The number of primary amides is 1. The molecule has 2 atom stereocenters. The number of amides is 1. The molecule has 1 aromatic carbocycles. The Balaban J connectivity index is 2.01. The van der Waals surface area contributed by atoms with E-state index in [2.05, 4.69) is 15.9 Å². The van der Waals surface area contributed by atoms with Gasteiger partial charge in [-0.25, -0.2) is 0 Å². The van der Waals surface area contributed by atoms with Gasteiger partial charge in [-0.15, -0.1) is 0 Å². The minimum atomic E-state index is -0.430. The van der Waals surface area contributed by atoms with Crippen molar-refractivity contribution in [2.45, 2.75) is 19.3 Å². The predicted octanol–water partition coefficient (Wildman–Crippen LogP) is 2.89. The molecule has 4 heteroatoms. The van der Waals surface area contributed by atoms with E-state index in [0.717, 1.165) is 30.4 Å². The number of hydrogen-bond acceptors (Lipinski definition) is 2. The Labute approximate surface area is 120 Å². The van der Waals surface area contributed by atoms with Crippen molar-refractivity contribution in [1.29, 1.82) is 0 Å². The van der Waals surface area contributed by atoms with Crippen LogP contribution in [0.15, 0.2) is 28.7 Å². The summed E-state index contributed by atoms with van der Waals surface area (Å²) < 4.78 is 0.717. The zero-order valence-electron chi connectivity index (χ0n) is 10.4. The number of benzene rings is 1. The highest BCUT2D eigenvalue weighted by molar-refractivity contribution is 9.12. The van der Waals surface area contributed by atoms with Gasteiger partial charge in [-0.3, -0.25) is 9.59 Å². The van der Waals surface area contributed by atoms with Crippen LogP contribution in [0.4, 0.5) is 0 Å². The Morgan fingerprint density at radius 1 is 1.16 bits per heavy atom. The minimum Gasteiger partial charge on any atom is -0.366 e. The number of halogens is 1. The molecule has 2 unspecified atom stereocenters. The quantitative estimate of drug-likeness (QED) is 0.911. The molecule has 1 saturated carbocycles. The van der Waals surface area contributed by atoms with Crippen molar-refractivity contribution in [3.8, 4) is 0 Å². The maximum Gasteiger partial charge on any atom is 0.248 e. The molecular formula is C15H14BrNO2. The number of carbonyl (C=O) groups is 2. The van der Waals surface area contributed by atoms with Gasteiger partial charge in [-0.05, 0) is 58.0 Å². The lowest BCUT2D eigenvalue weighted by atomic mass is 9.90. The number of rotatable bonds is 2. The molecule has 19 heavy (non-hydrogen) atoms. The number of nitrogens with two attached hydrogens (primary N) is 1. The topological polar surface area (TPSA) is 60.2 Å². The smallest absolute Gasteiger partial charge is 0.248 e. The third kappa shape index (κ3) is 1.94. The van der Waals surface area contributed by atoms with Crippen molar-refractivity contribution in [3.05, 3.63) is 39.9 Å². The molecular weight excluding hydrogens is 306 g/mol. The molecule has 0 spiro atoms. The van der Waals surface area contributed by atoms with Crippen LogP contribution in [-0.2, 0) is 4.79 Å². The van der Waals surface area contributed by atoms with Crippen LogP contribution in [0.2, 0.25) is 0 Å². The summed E-state index contributed by atoms with van der Waals surface area (Å²) in [4.78, 5) is 23.2. The van der Waals surface area contributed by atoms with Crippen LogP contribution < -0.4 is 5.73 Å². The van der Waals surface area contributed by atoms with E-state index in [0.29, 0.717) is 16.0 Å². The lowest BCUT2D eigenvalue weighted by molar-refractivity contribution is -0.118. The van der Waals surface area contributed by atoms with Crippen molar-refractivity contribution in [3.63, 3.8) is 0 Å². The molecule has 98 valence electrons. The first kappa shape index (κ1) is 12.6. The van der Waals surface area contributed by atoms with E-state index in [1.165, 1.54) is 0 Å². The molecule has 3 rings (SSSR count). The Hall–Kier alpha value is -1.42. The van der Waals surface area contributed by atoms with E-state index in [4.69, 9.17) is 5.73 Å². The zero-order chi connectivity index (χ0) is 13.6. The second-order valence-electron chi connectivity index (χ2n) is 5.18. The van der Waals surface area contributed by atoms with E-state index < -0.39 is 5.91 Å². The van der Waals surface area contributed by atoms with Crippen molar-refractivity contribution >= 4 is 33.2 Å². The third-order valence-electron chi connectivity index (χ3n) is 4.16. The molecule has 0 bridgehead atoms. The molecule has 2 aliphatic rings. The van der Waals surface area contributed by atoms with Crippen LogP contribution in [-0.4, -0.2) is 11.7 Å². The number of ketones is 1. The normalized spacial score (nSPS) is 25.8. The van der Waals surface area contributed by atoms with Crippen molar-refractivity contribution < 1.29 is 9.59 Å². The van der Waals surface area contributed by atoms with E-state index in [1.54, 1.807) is 12.1 Å². The highest BCUT2D eigenvalue weighted by atomic mass is 79.9. The highest BCUT2D eigenvalue weighted by Gasteiger charge is 2.43. The molecule has 0 aliphatic heterocycles. The second-order valence-corrected chi connectivity index (χ2v) is 5.97. The van der Waals surface area contributed by atoms with Gasteiger partial charge >= 0.3 is 0 Å². The summed E-state index contributed by atoms with van der Waals surface area (Å²) in [6.07, 6.45) is 3.17. The molecule has 1 amide bonds. The van der Waals surface area contributed by atoms with Gasteiger partial charge in [0.25, 0.3) is 0 Å². The number of carbonyl (C=O) groups excluding carboxylic acids is 2. The second kappa shape index (κ2) is 4.60. The van der Waals surface area contributed by atoms with Gasteiger partial charge in [-0.2, -0.15) is 0 Å². The van der Waals surface area contributed by atoms with Gasteiger partial charge in [0.1, 0.15) is 0 Å². The first-order chi connectivity index (χ1) is 9.09. The highest BCUT2D eigenvalue weighted by Crippen LogP contribution is 2.50. The zero-order valence-corrected chi connectivity index (χ0v) is 11.9. The number of fused-ring (bicyclic) bond motifs is 1. The Bertz CT molecular complexity index is 589. The van der Waals surface area contributed by atoms with Crippen LogP contribution in [0.5, 0.6) is 0 Å². The first-order valence-corrected chi connectivity index (χ1v) is 7.23. The summed E-state index contributed by atoms with van der Waals surface area (Å²) in [5, 5.41) is 0. The van der Waals surface area contributed by atoms with Crippen molar-refractivity contribution in [2.24, 2.45) is 17.6 Å². The molecule has 3 nitrogen and oxygen atoms in total. The fraction of sp³-hybridized carbons (Fsp3) is 0.333. The largest absolute Gasteiger partial charge is 0.366 e. The lowest BCUT2D eigenvalue weighted by Crippen LogP contribution is -2.11. The summed E-state index contributed by atoms with van der Waals surface area (Å²) in [6.45, 7) is 0. The van der Waals surface area contributed by atoms with Crippen LogP contribution >= 0.6 is 15.9 Å². The van der Waals surface area contributed by atoms with Gasteiger partial charge < -0.3 is 5.73 Å². The summed E-state index contributed by atoms with van der Waals surface area (Å²) in [5.41, 5.74) is 7.85. The number of Topliss-reactive ketones (excluding diaryl/α,β-unsaturated/α-hetero) is 1. The number of allylic oxidation sites excluding steroid dienone is 2. The molecule has 2 N–H and O–H groups in total. The summed E-state index contributed by atoms with van der Waals surface area (Å²) in [7, 11) is 0. The molecule has 0 aromatic heterocycles. The van der Waals surface area contributed by atoms with Crippen LogP contribution in [0, 0.1) is 11.8 Å². The molecule has 2 aliphatic carbocycles. The van der Waals surface area contributed by atoms with Crippen molar-refractivity contribution in [2.75, 3.05) is 0 Å². The SMILES string of the molecule is NC(=O)c1ccc(C2=C(Br)C(=O)C3CCCC23)cc1. The monoisotopic (exact) mass is 319 g/mol. The minimum absolute atomic E-state index is 0.153. The third-order valence-corrected chi connectivity index (χ3v) is 4.97. The average molecular weight is 320 g/mol. The average Bonchev–Trinajstić information content (AvgIpc) is 2.95. The summed E-state index contributed by atoms with van der Waals surface area (Å²) >= 11 is 3.45. The predicted molar refractivity (Wildman–Crippen MR) is 76.6 cm³/mol. The molecule has 0 radical (unpaired) electrons. The summed E-state index contributed by atoms with van der Waals surface area (Å²) in [5.74, 6) is 0.291. The molecule has 1 aromatic rings. The van der Waals surface area contributed by atoms with Gasteiger partial charge in [-0.1, -0.05) is 18.6 Å². The summed E-state index contributed by atoms with van der Waals surface area (Å²) in [6, 6.07) is 7.20. The van der Waals surface area contributed by atoms with Crippen LogP contribution in [0.3, 0.4) is 0 Å². The first-order valence-electron chi connectivity index (χ1n) is 6.43. The fourth-order valence-corrected chi connectivity index (χ4v) is 4.05. The van der Waals surface area contributed by atoms with Crippen LogP contribution in [0.1, 0.15) is 35.2 Å². The Morgan fingerprint density at radius 3 is 2.42 bits per heavy atom. The lowest BCUT2D eigenvalue weighted by Gasteiger charge is -2.13. The van der Waals surface area contributed by atoms with E-state index in [9.17, 15) is 9.59 Å². The Kier molecular flexibility index (Phi) is 3.05. The van der Waals surface area contributed by atoms with Gasteiger partial charge in [0, 0.05) is 11.5 Å². The van der Waals surface area contributed by atoms with Gasteiger partial charge in [0.05, 0.1) is 4.48 Å². The van der Waals surface area contributed by atoms with Gasteiger partial charge in [0.2, 0.25) is 5.91 Å². The molecule has 0 saturated heterocycles. The van der Waals surface area contributed by atoms with Crippen LogP contribution in [0.25, 0.3) is 5.57 Å². The fourth-order valence-electron chi connectivity index (χ4n) is 3.23. The van der Waals surface area contributed by atoms with Gasteiger partial charge in [0.15, 0.2) is 5.78 Å². The maximum absolute atomic E-state index is 12.2. The van der Waals surface area contributed by atoms with Crippen molar-refractivity contribution in [1.82, 2.24) is 0 Å². The molecule has 1 fully saturated rings. The number of hydrogen-bond donors (Lipinski definition) is 1. The standard InChI is InChI=1S/C15H14BrNO2/c16-13-12(10-2-1-3-11(10)14(13)18)8-4-6-9(7-5-8)15(17)19/h4-7,10-11H,1-3H2,(H2,17,19). The maximum atomic E-state index is 12.2. The van der Waals surface area contributed by atoms with E-state index in [-0.39, 0.29) is 11.7 Å². The van der Waals surface area contributed by atoms with E-state index >= 15 is 0 Å². The van der Waals surface area contributed by atoms with E-state index in [1.807, 2.05) is 12.1 Å². The molecule has 0 heterocycles. The Morgan fingerprint density at radius 2 is 1.79 bits per heavy atom.